The lowest BCUT2D eigenvalue weighted by Crippen LogP contribution is -2.82. The van der Waals surface area contributed by atoms with Gasteiger partial charge in [-0.2, -0.15) is 0 Å². The summed E-state index contributed by atoms with van der Waals surface area (Å²) < 4.78 is 19.0. The van der Waals surface area contributed by atoms with Crippen molar-refractivity contribution < 1.29 is 13.9 Å². The van der Waals surface area contributed by atoms with Gasteiger partial charge >= 0.3 is 0 Å². The Kier molecular flexibility index (Phi) is 2.61. The van der Waals surface area contributed by atoms with Crippen molar-refractivity contribution in [3.05, 3.63) is 29.0 Å². The molecule has 0 spiro atoms. The van der Waals surface area contributed by atoms with Crippen molar-refractivity contribution in [2.75, 3.05) is 6.54 Å². The third-order valence-electron chi connectivity index (χ3n) is 4.94. The monoisotopic (exact) mass is 310 g/mol. The van der Waals surface area contributed by atoms with Crippen molar-refractivity contribution in [2.24, 2.45) is 5.73 Å². The van der Waals surface area contributed by atoms with Gasteiger partial charge in [-0.05, 0) is 31.4 Å². The average molecular weight is 311 g/mol. The van der Waals surface area contributed by atoms with E-state index in [0.717, 1.165) is 19.3 Å². The molecule has 0 aromatic heterocycles. The normalized spacial score (nSPS) is 37.2. The number of nitrogens with zero attached hydrogens (tertiary/aromatic N) is 1. The molecule has 1 unspecified atom stereocenters. The Hall–Kier alpha value is -1.33. The van der Waals surface area contributed by atoms with E-state index in [1.54, 1.807) is 6.07 Å². The molecule has 6 heteroatoms. The first kappa shape index (κ1) is 13.3. The zero-order chi connectivity index (χ0) is 14.8. The number of ether oxygens (including phenoxy) is 1. The molecule has 3 saturated carbocycles. The van der Waals surface area contributed by atoms with Crippen LogP contribution in [0.25, 0.3) is 0 Å². The summed E-state index contributed by atoms with van der Waals surface area (Å²) in [5, 5.41) is 0.0452. The van der Waals surface area contributed by atoms with Crippen LogP contribution < -0.4 is 10.5 Å². The molecule has 2 bridgehead atoms. The molecule has 1 amide bonds. The highest BCUT2D eigenvalue weighted by Gasteiger charge is 2.70. The van der Waals surface area contributed by atoms with E-state index in [0.29, 0.717) is 18.7 Å². The minimum atomic E-state index is -0.541. The molecule has 1 aromatic carbocycles. The molecule has 0 radical (unpaired) electrons. The zero-order valence-electron chi connectivity index (χ0n) is 11.4. The van der Waals surface area contributed by atoms with Crippen LogP contribution in [0.15, 0.2) is 18.2 Å². The number of carbonyl (C=O) groups excluding carboxylic acids is 1. The predicted octanol–water partition coefficient (Wildman–Crippen LogP) is 2.09. The van der Waals surface area contributed by atoms with Crippen molar-refractivity contribution in [3.8, 4) is 5.75 Å². The molecule has 4 fully saturated rings. The van der Waals surface area contributed by atoms with Gasteiger partial charge in [-0.25, -0.2) is 4.39 Å². The van der Waals surface area contributed by atoms with Gasteiger partial charge in [0, 0.05) is 30.1 Å². The van der Waals surface area contributed by atoms with Gasteiger partial charge in [0.25, 0.3) is 5.91 Å². The fourth-order valence-electron chi connectivity index (χ4n) is 4.05. The lowest BCUT2D eigenvalue weighted by Gasteiger charge is -2.71. The molecule has 1 aliphatic heterocycles. The summed E-state index contributed by atoms with van der Waals surface area (Å²) in [5.74, 6) is -0.210. The van der Waals surface area contributed by atoms with E-state index in [1.807, 2.05) is 4.90 Å². The van der Waals surface area contributed by atoms with Gasteiger partial charge in [0.05, 0.1) is 5.02 Å². The van der Waals surface area contributed by atoms with E-state index in [4.69, 9.17) is 22.1 Å². The summed E-state index contributed by atoms with van der Waals surface area (Å²) >= 11 is 5.64. The number of rotatable bonds is 3. The molecule has 1 heterocycles. The molecule has 1 aromatic rings. The molecular weight excluding hydrogens is 295 g/mol. The Morgan fingerprint density at radius 2 is 2.10 bits per heavy atom. The number of amides is 1. The van der Waals surface area contributed by atoms with Crippen LogP contribution in [0.2, 0.25) is 5.02 Å². The molecule has 3 aliphatic carbocycles. The molecule has 4 nitrogen and oxygen atoms in total. The molecule has 21 heavy (non-hydrogen) atoms. The van der Waals surface area contributed by atoms with Crippen molar-refractivity contribution in [1.29, 1.82) is 0 Å². The summed E-state index contributed by atoms with van der Waals surface area (Å²) in [6.07, 6.45) is 2.78. The summed E-state index contributed by atoms with van der Waals surface area (Å²) in [5.41, 5.74) is 6.00. The maximum atomic E-state index is 13.4. The number of hydrogen-bond acceptors (Lipinski definition) is 3. The zero-order valence-corrected chi connectivity index (χ0v) is 12.2. The second kappa shape index (κ2) is 4.11. The Bertz CT molecular complexity index is 616. The summed E-state index contributed by atoms with van der Waals surface area (Å²) in [6, 6.07) is 4.23. The van der Waals surface area contributed by atoms with Crippen LogP contribution in [0, 0.1) is 5.82 Å². The minimum Gasteiger partial charge on any atom is -0.480 e. The second-order valence-corrected chi connectivity index (χ2v) is 6.99. The van der Waals surface area contributed by atoms with E-state index in [1.165, 1.54) is 12.1 Å². The third-order valence-corrected chi connectivity index (χ3v) is 5.25. The van der Waals surface area contributed by atoms with Crippen molar-refractivity contribution in [2.45, 2.75) is 42.9 Å². The highest BCUT2D eigenvalue weighted by Crippen LogP contribution is 2.62. The maximum Gasteiger partial charge on any atom is 0.264 e. The minimum absolute atomic E-state index is 0.00731. The topological polar surface area (TPSA) is 55.6 Å². The smallest absolute Gasteiger partial charge is 0.264 e. The van der Waals surface area contributed by atoms with Crippen molar-refractivity contribution in [3.63, 3.8) is 0 Å². The fraction of sp³-hybridized carbons (Fsp3) is 0.533. The van der Waals surface area contributed by atoms with Crippen molar-refractivity contribution in [1.82, 2.24) is 4.90 Å². The lowest BCUT2D eigenvalue weighted by atomic mass is 9.44. The number of benzene rings is 1. The van der Waals surface area contributed by atoms with E-state index < -0.39 is 11.9 Å². The molecule has 4 aliphatic rings. The maximum absolute atomic E-state index is 13.4. The Morgan fingerprint density at radius 1 is 1.38 bits per heavy atom. The van der Waals surface area contributed by atoms with Gasteiger partial charge in [0.1, 0.15) is 11.6 Å². The molecule has 5 rings (SSSR count). The average Bonchev–Trinajstić information content (AvgIpc) is 2.71. The molecule has 1 saturated heterocycles. The fourth-order valence-corrected chi connectivity index (χ4v) is 4.16. The Balaban J connectivity index is 1.45. The van der Waals surface area contributed by atoms with Gasteiger partial charge in [0.15, 0.2) is 6.10 Å². The first-order valence-electron chi connectivity index (χ1n) is 7.13. The Labute approximate surface area is 127 Å². The second-order valence-electron chi connectivity index (χ2n) is 6.58. The molecule has 2 N–H and O–H groups in total. The third kappa shape index (κ3) is 1.87. The molecular formula is C15H16ClFN2O2. The van der Waals surface area contributed by atoms with Gasteiger partial charge in [0.2, 0.25) is 0 Å². The molecule has 112 valence electrons. The van der Waals surface area contributed by atoms with Crippen LogP contribution in [0.1, 0.15) is 25.7 Å². The quantitative estimate of drug-likeness (QED) is 0.930. The largest absolute Gasteiger partial charge is 0.480 e. The SMILES string of the molecule is NC12CC(N3CCC(Oc4ccc(Cl)c(F)c4)C3=O)(C1)C2. The first-order chi connectivity index (χ1) is 9.91. The summed E-state index contributed by atoms with van der Waals surface area (Å²) in [7, 11) is 0. The number of likely N-dealkylation sites (tertiary alicyclic amines) is 1. The van der Waals surface area contributed by atoms with E-state index in [9.17, 15) is 9.18 Å². The van der Waals surface area contributed by atoms with E-state index in [-0.39, 0.29) is 22.0 Å². The highest BCUT2D eigenvalue weighted by atomic mass is 35.5. The van der Waals surface area contributed by atoms with E-state index >= 15 is 0 Å². The standard InChI is InChI=1S/C15H16ClFN2O2/c16-10-2-1-9(5-11(10)17)21-12-3-4-19(13(12)20)15-6-14(18,7-15)8-15/h1-2,5,12H,3-4,6-8,18H2. The highest BCUT2D eigenvalue weighted by molar-refractivity contribution is 6.30. The number of halogens is 2. The van der Waals surface area contributed by atoms with Gasteiger partial charge in [-0.15, -0.1) is 0 Å². The Morgan fingerprint density at radius 3 is 2.71 bits per heavy atom. The van der Waals surface area contributed by atoms with E-state index in [2.05, 4.69) is 0 Å². The van der Waals surface area contributed by atoms with Crippen LogP contribution >= 0.6 is 11.6 Å². The lowest BCUT2D eigenvalue weighted by molar-refractivity contribution is -0.176. The van der Waals surface area contributed by atoms with Gasteiger partial charge in [-0.3, -0.25) is 4.79 Å². The van der Waals surface area contributed by atoms with Crippen LogP contribution in [-0.2, 0) is 4.79 Å². The number of carbonyl (C=O) groups is 1. The molecule has 1 atom stereocenters. The van der Waals surface area contributed by atoms with Crippen LogP contribution in [0.5, 0.6) is 5.75 Å². The summed E-state index contributed by atoms with van der Waals surface area (Å²) in [6.45, 7) is 0.690. The summed E-state index contributed by atoms with van der Waals surface area (Å²) in [4.78, 5) is 14.4. The first-order valence-corrected chi connectivity index (χ1v) is 7.51. The predicted molar refractivity (Wildman–Crippen MR) is 75.7 cm³/mol. The van der Waals surface area contributed by atoms with Gasteiger partial charge < -0.3 is 15.4 Å². The van der Waals surface area contributed by atoms with Crippen LogP contribution in [0.3, 0.4) is 0 Å². The van der Waals surface area contributed by atoms with Crippen molar-refractivity contribution >= 4 is 17.5 Å². The van der Waals surface area contributed by atoms with Gasteiger partial charge in [-0.1, -0.05) is 11.6 Å². The number of nitrogens with two attached hydrogens (primary N) is 1. The van der Waals surface area contributed by atoms with Crippen LogP contribution in [-0.4, -0.2) is 34.5 Å². The number of hydrogen-bond donors (Lipinski definition) is 1. The van der Waals surface area contributed by atoms with Crippen LogP contribution in [0.4, 0.5) is 4.39 Å².